The third-order valence-corrected chi connectivity index (χ3v) is 4.67. The molecule has 0 aromatic carbocycles. The first-order chi connectivity index (χ1) is 9.23. The zero-order valence-corrected chi connectivity index (χ0v) is 11.3. The van der Waals surface area contributed by atoms with E-state index >= 15 is 0 Å². The van der Waals surface area contributed by atoms with Gasteiger partial charge in [0.25, 0.3) is 0 Å². The molecule has 2 heterocycles. The molecule has 0 amide bonds. The Labute approximate surface area is 113 Å². The highest BCUT2D eigenvalue weighted by atomic mass is 16.3. The number of piperidine rings is 1. The Morgan fingerprint density at radius 3 is 3.00 bits per heavy atom. The van der Waals surface area contributed by atoms with Gasteiger partial charge in [-0.25, -0.2) is 4.98 Å². The SMILES string of the molecule is NCc1nccnc1N1CCC2(O)CCCCC2C1. The van der Waals surface area contributed by atoms with Gasteiger partial charge in [0.1, 0.15) is 0 Å². The zero-order chi connectivity index (χ0) is 13.3. The van der Waals surface area contributed by atoms with Crippen molar-refractivity contribution in [2.24, 2.45) is 11.7 Å². The monoisotopic (exact) mass is 262 g/mol. The number of rotatable bonds is 2. The van der Waals surface area contributed by atoms with Gasteiger partial charge < -0.3 is 15.7 Å². The largest absolute Gasteiger partial charge is 0.389 e. The minimum Gasteiger partial charge on any atom is -0.389 e. The van der Waals surface area contributed by atoms with Crippen molar-refractivity contribution in [3.05, 3.63) is 18.1 Å². The molecule has 19 heavy (non-hydrogen) atoms. The predicted molar refractivity (Wildman–Crippen MR) is 73.7 cm³/mol. The molecular formula is C14H22N4O. The van der Waals surface area contributed by atoms with E-state index < -0.39 is 5.60 Å². The lowest BCUT2D eigenvalue weighted by atomic mass is 9.71. The Bertz CT molecular complexity index is 453. The van der Waals surface area contributed by atoms with Gasteiger partial charge in [-0.05, 0) is 19.3 Å². The lowest BCUT2D eigenvalue weighted by Gasteiger charge is -2.47. The molecule has 3 N–H and O–H groups in total. The maximum Gasteiger partial charge on any atom is 0.151 e. The molecule has 1 saturated heterocycles. The number of hydrogen-bond donors (Lipinski definition) is 2. The molecule has 1 saturated carbocycles. The van der Waals surface area contributed by atoms with E-state index in [9.17, 15) is 5.11 Å². The van der Waals surface area contributed by atoms with Gasteiger partial charge in [-0.3, -0.25) is 4.98 Å². The number of anilines is 1. The Kier molecular flexibility index (Phi) is 3.41. The first kappa shape index (κ1) is 12.8. The van der Waals surface area contributed by atoms with Crippen LogP contribution >= 0.6 is 0 Å². The van der Waals surface area contributed by atoms with Crippen molar-refractivity contribution in [1.29, 1.82) is 0 Å². The molecule has 0 radical (unpaired) electrons. The summed E-state index contributed by atoms with van der Waals surface area (Å²) in [5, 5.41) is 10.7. The average Bonchev–Trinajstić information content (AvgIpc) is 2.46. The van der Waals surface area contributed by atoms with Crippen molar-refractivity contribution in [2.75, 3.05) is 18.0 Å². The third-order valence-electron chi connectivity index (χ3n) is 4.67. The number of aromatic nitrogens is 2. The average molecular weight is 262 g/mol. The van der Waals surface area contributed by atoms with E-state index in [2.05, 4.69) is 14.9 Å². The van der Waals surface area contributed by atoms with Crippen LogP contribution in [0.1, 0.15) is 37.8 Å². The number of nitrogens with two attached hydrogens (primary N) is 1. The van der Waals surface area contributed by atoms with Gasteiger partial charge in [0.2, 0.25) is 0 Å². The van der Waals surface area contributed by atoms with E-state index in [0.29, 0.717) is 12.5 Å². The fraction of sp³-hybridized carbons (Fsp3) is 0.714. The molecule has 5 nitrogen and oxygen atoms in total. The first-order valence-corrected chi connectivity index (χ1v) is 7.20. The maximum atomic E-state index is 10.7. The van der Waals surface area contributed by atoms with Crippen molar-refractivity contribution in [2.45, 2.75) is 44.2 Å². The quantitative estimate of drug-likeness (QED) is 0.833. The summed E-state index contributed by atoms with van der Waals surface area (Å²) in [7, 11) is 0. The van der Waals surface area contributed by atoms with Gasteiger partial charge in [0.05, 0.1) is 11.3 Å². The van der Waals surface area contributed by atoms with Crippen LogP contribution in [-0.4, -0.2) is 33.8 Å². The Morgan fingerprint density at radius 2 is 2.16 bits per heavy atom. The molecule has 2 unspecified atom stereocenters. The molecule has 5 heteroatoms. The molecule has 1 aromatic rings. The summed E-state index contributed by atoms with van der Waals surface area (Å²) in [6, 6.07) is 0. The lowest BCUT2D eigenvalue weighted by Crippen LogP contribution is -2.53. The van der Waals surface area contributed by atoms with E-state index in [0.717, 1.165) is 50.3 Å². The molecule has 1 aliphatic carbocycles. The second-order valence-electron chi connectivity index (χ2n) is 5.77. The molecular weight excluding hydrogens is 240 g/mol. The van der Waals surface area contributed by atoms with Gasteiger partial charge >= 0.3 is 0 Å². The second-order valence-corrected chi connectivity index (χ2v) is 5.77. The lowest BCUT2D eigenvalue weighted by molar-refractivity contribution is -0.0614. The summed E-state index contributed by atoms with van der Waals surface area (Å²) in [6.45, 7) is 2.13. The molecule has 2 fully saturated rings. The van der Waals surface area contributed by atoms with Crippen molar-refractivity contribution in [3.8, 4) is 0 Å². The minimum atomic E-state index is -0.445. The normalized spacial score (nSPS) is 31.1. The number of hydrogen-bond acceptors (Lipinski definition) is 5. The van der Waals surface area contributed by atoms with E-state index in [1.54, 1.807) is 12.4 Å². The summed E-state index contributed by atoms with van der Waals surface area (Å²) >= 11 is 0. The molecule has 104 valence electrons. The van der Waals surface area contributed by atoms with Crippen LogP contribution in [0.25, 0.3) is 0 Å². The molecule has 0 spiro atoms. The molecule has 2 atom stereocenters. The molecule has 3 rings (SSSR count). The highest BCUT2D eigenvalue weighted by Crippen LogP contribution is 2.40. The van der Waals surface area contributed by atoms with Gasteiger partial charge in [-0.1, -0.05) is 12.8 Å². The van der Waals surface area contributed by atoms with Crippen LogP contribution in [0.15, 0.2) is 12.4 Å². The van der Waals surface area contributed by atoms with Crippen LogP contribution in [0.3, 0.4) is 0 Å². The Morgan fingerprint density at radius 1 is 1.32 bits per heavy atom. The van der Waals surface area contributed by atoms with Crippen LogP contribution in [0, 0.1) is 5.92 Å². The summed E-state index contributed by atoms with van der Waals surface area (Å²) in [5.41, 5.74) is 6.14. The maximum absolute atomic E-state index is 10.7. The summed E-state index contributed by atoms with van der Waals surface area (Å²) in [4.78, 5) is 11.0. The summed E-state index contributed by atoms with van der Waals surface area (Å²) < 4.78 is 0. The smallest absolute Gasteiger partial charge is 0.151 e. The van der Waals surface area contributed by atoms with Crippen molar-refractivity contribution in [1.82, 2.24) is 9.97 Å². The van der Waals surface area contributed by atoms with Crippen molar-refractivity contribution >= 4 is 5.82 Å². The van der Waals surface area contributed by atoms with Crippen LogP contribution in [-0.2, 0) is 6.54 Å². The van der Waals surface area contributed by atoms with Crippen LogP contribution in [0.5, 0.6) is 0 Å². The van der Waals surface area contributed by atoms with Crippen LogP contribution < -0.4 is 10.6 Å². The van der Waals surface area contributed by atoms with Gasteiger partial charge in [-0.15, -0.1) is 0 Å². The standard InChI is InChI=1S/C14H22N4O/c15-9-12-13(17-7-6-16-12)18-8-5-14(19)4-2-1-3-11(14)10-18/h6-7,11,19H,1-5,8-10,15H2. The van der Waals surface area contributed by atoms with E-state index in [-0.39, 0.29) is 0 Å². The first-order valence-electron chi connectivity index (χ1n) is 7.20. The summed E-state index contributed by atoms with van der Waals surface area (Å²) in [6.07, 6.45) is 8.69. The fourth-order valence-corrected chi connectivity index (χ4v) is 3.53. The topological polar surface area (TPSA) is 75.3 Å². The van der Waals surface area contributed by atoms with Crippen LogP contribution in [0.4, 0.5) is 5.82 Å². The van der Waals surface area contributed by atoms with E-state index in [4.69, 9.17) is 5.73 Å². The molecule has 1 aliphatic heterocycles. The number of fused-ring (bicyclic) bond motifs is 1. The molecule has 2 aliphatic rings. The van der Waals surface area contributed by atoms with Gasteiger partial charge in [0.15, 0.2) is 5.82 Å². The minimum absolute atomic E-state index is 0.364. The predicted octanol–water partition coefficient (Wildman–Crippen LogP) is 1.07. The number of nitrogens with zero attached hydrogens (tertiary/aromatic N) is 3. The second kappa shape index (κ2) is 5.06. The van der Waals surface area contributed by atoms with Gasteiger partial charge in [-0.2, -0.15) is 0 Å². The Balaban J connectivity index is 1.81. The van der Waals surface area contributed by atoms with Crippen LogP contribution in [0.2, 0.25) is 0 Å². The number of aliphatic hydroxyl groups is 1. The molecule has 1 aromatic heterocycles. The highest BCUT2D eigenvalue weighted by Gasteiger charge is 2.43. The zero-order valence-electron chi connectivity index (χ0n) is 11.3. The van der Waals surface area contributed by atoms with E-state index in [1.807, 2.05) is 0 Å². The molecule has 0 bridgehead atoms. The summed E-state index contributed by atoms with van der Waals surface area (Å²) in [5.74, 6) is 1.26. The van der Waals surface area contributed by atoms with Crippen molar-refractivity contribution in [3.63, 3.8) is 0 Å². The highest BCUT2D eigenvalue weighted by molar-refractivity contribution is 5.44. The van der Waals surface area contributed by atoms with Crippen molar-refractivity contribution < 1.29 is 5.11 Å². The van der Waals surface area contributed by atoms with Gasteiger partial charge in [0, 0.05) is 37.9 Å². The Hall–Kier alpha value is -1.20. The van der Waals surface area contributed by atoms with E-state index in [1.165, 1.54) is 6.42 Å². The fourth-order valence-electron chi connectivity index (χ4n) is 3.53. The third kappa shape index (κ3) is 2.32.